The van der Waals surface area contributed by atoms with Crippen molar-refractivity contribution in [1.29, 1.82) is 0 Å². The molecule has 3 aliphatic heterocycles. The Morgan fingerprint density at radius 3 is 1.65 bits per heavy atom. The predicted molar refractivity (Wildman–Crippen MR) is 96.8 cm³/mol. The number of hydrogen-bond acceptors (Lipinski definition) is 0. The van der Waals surface area contributed by atoms with Crippen molar-refractivity contribution in [2.45, 2.75) is 38.5 Å². The van der Waals surface area contributed by atoms with E-state index in [2.05, 4.69) is 30.3 Å². The molecule has 0 atom stereocenters. The first kappa shape index (κ1) is 15.0. The molecular formula is C18H29P2+. The summed E-state index contributed by atoms with van der Waals surface area (Å²) < 4.78 is 0. The van der Waals surface area contributed by atoms with Crippen molar-refractivity contribution in [3.8, 4) is 0 Å². The molecule has 20 heavy (non-hydrogen) atoms. The highest BCUT2D eigenvalue weighted by atomic mass is 31.2. The van der Waals surface area contributed by atoms with Gasteiger partial charge in [0.25, 0.3) is 0 Å². The summed E-state index contributed by atoms with van der Waals surface area (Å²) >= 11 is 0. The molecule has 3 heterocycles. The van der Waals surface area contributed by atoms with Crippen LogP contribution in [0.25, 0.3) is 0 Å². The molecule has 0 radical (unpaired) electrons. The van der Waals surface area contributed by atoms with Gasteiger partial charge in [-0.2, -0.15) is 0 Å². The van der Waals surface area contributed by atoms with E-state index in [1.54, 1.807) is 42.3 Å². The van der Waals surface area contributed by atoms with Crippen molar-refractivity contribution in [3.63, 3.8) is 0 Å². The van der Waals surface area contributed by atoms with Gasteiger partial charge in [-0.3, -0.25) is 0 Å². The zero-order valence-corrected chi connectivity index (χ0v) is 14.6. The van der Waals surface area contributed by atoms with E-state index >= 15 is 0 Å². The Kier molecular flexibility index (Phi) is 5.53. The first-order valence-electron chi connectivity index (χ1n) is 8.53. The fourth-order valence-electron chi connectivity index (χ4n) is 4.05. The lowest BCUT2D eigenvalue weighted by Crippen LogP contribution is -2.22. The highest BCUT2D eigenvalue weighted by Gasteiger charge is 2.39. The van der Waals surface area contributed by atoms with Crippen molar-refractivity contribution in [2.24, 2.45) is 0 Å². The maximum absolute atomic E-state index is 2.46. The van der Waals surface area contributed by atoms with Crippen LogP contribution in [0, 0.1) is 0 Å². The third-order valence-electron chi connectivity index (χ3n) is 5.24. The lowest BCUT2D eigenvalue weighted by Gasteiger charge is -2.31. The summed E-state index contributed by atoms with van der Waals surface area (Å²) in [6, 6.07) is 11.7. The first-order chi connectivity index (χ1) is 9.89. The summed E-state index contributed by atoms with van der Waals surface area (Å²) in [4.78, 5) is 0. The average molecular weight is 307 g/mol. The monoisotopic (exact) mass is 307 g/mol. The maximum Gasteiger partial charge on any atom is 0.0939 e. The largest absolute Gasteiger partial charge is 0.107 e. The van der Waals surface area contributed by atoms with Gasteiger partial charge in [0.05, 0.1) is 23.8 Å². The number of hydrogen-bond donors (Lipinski definition) is 0. The van der Waals surface area contributed by atoms with Gasteiger partial charge in [0, 0.05) is 7.26 Å². The normalized spacial score (nSPS) is 32.3. The summed E-state index contributed by atoms with van der Waals surface area (Å²) in [5.41, 5.74) is 0. The van der Waals surface area contributed by atoms with E-state index < -0.39 is 7.26 Å². The zero-order valence-electron chi connectivity index (χ0n) is 12.8. The quantitative estimate of drug-likeness (QED) is 0.627. The summed E-state index contributed by atoms with van der Waals surface area (Å²) in [6.07, 6.45) is 18.6. The van der Waals surface area contributed by atoms with Gasteiger partial charge < -0.3 is 0 Å². The van der Waals surface area contributed by atoms with Crippen LogP contribution < -0.4 is 5.30 Å². The molecule has 4 rings (SSSR count). The van der Waals surface area contributed by atoms with Crippen LogP contribution in [0.15, 0.2) is 30.3 Å². The Bertz CT molecular complexity index is 370. The number of rotatable bonds is 1. The maximum atomic E-state index is 2.46. The molecule has 0 spiro atoms. The van der Waals surface area contributed by atoms with Gasteiger partial charge >= 0.3 is 0 Å². The summed E-state index contributed by atoms with van der Waals surface area (Å²) in [5, 5.41) is 1.75. The predicted octanol–water partition coefficient (Wildman–Crippen LogP) is 5.18. The molecule has 0 aliphatic carbocycles. The fourth-order valence-corrected chi connectivity index (χ4v) is 11.5. The molecule has 2 bridgehead atoms. The molecule has 0 N–H and O–H groups in total. The molecule has 1 aromatic carbocycles. The van der Waals surface area contributed by atoms with Gasteiger partial charge in [0.2, 0.25) is 0 Å². The van der Waals surface area contributed by atoms with Crippen LogP contribution in [0.2, 0.25) is 0 Å². The minimum atomic E-state index is -0.846. The van der Waals surface area contributed by atoms with Crippen molar-refractivity contribution in [1.82, 2.24) is 0 Å². The Labute approximate surface area is 126 Å². The Morgan fingerprint density at radius 2 is 1.15 bits per heavy atom. The van der Waals surface area contributed by atoms with Gasteiger partial charge in [-0.15, -0.1) is 7.92 Å². The number of benzene rings is 1. The Balaban J connectivity index is 1.87. The molecule has 0 amide bonds. The fraction of sp³-hybridized carbons (Fsp3) is 0.667. The summed E-state index contributed by atoms with van der Waals surface area (Å²) in [5.74, 6) is 0. The molecule has 0 nitrogen and oxygen atoms in total. The zero-order chi connectivity index (χ0) is 13.7. The van der Waals surface area contributed by atoms with Crippen LogP contribution >= 0.6 is 15.2 Å². The molecule has 110 valence electrons. The minimum Gasteiger partial charge on any atom is -0.107 e. The van der Waals surface area contributed by atoms with E-state index in [4.69, 9.17) is 0 Å². The second kappa shape index (κ2) is 7.38. The molecule has 0 aromatic heterocycles. The number of fused-ring (bicyclic) bond motifs is 9. The van der Waals surface area contributed by atoms with Crippen LogP contribution in [0.5, 0.6) is 0 Å². The van der Waals surface area contributed by atoms with Gasteiger partial charge in [-0.05, 0) is 69.1 Å². The van der Waals surface area contributed by atoms with Crippen molar-refractivity contribution in [3.05, 3.63) is 30.3 Å². The van der Waals surface area contributed by atoms with Gasteiger partial charge in [0.1, 0.15) is 0 Å². The van der Waals surface area contributed by atoms with E-state index in [1.807, 2.05) is 0 Å². The molecule has 3 saturated heterocycles. The molecule has 2 heteroatoms. The Morgan fingerprint density at radius 1 is 0.650 bits per heavy atom. The van der Waals surface area contributed by atoms with E-state index in [9.17, 15) is 0 Å². The van der Waals surface area contributed by atoms with Gasteiger partial charge in [-0.1, -0.05) is 18.2 Å². The smallest absolute Gasteiger partial charge is 0.0939 e. The average Bonchev–Trinajstić information content (AvgIpc) is 2.53. The summed E-state index contributed by atoms with van der Waals surface area (Å²) in [7, 11) is -0.430. The van der Waals surface area contributed by atoms with Crippen molar-refractivity contribution >= 4 is 20.5 Å². The van der Waals surface area contributed by atoms with E-state index in [-0.39, 0.29) is 0 Å². The van der Waals surface area contributed by atoms with Crippen molar-refractivity contribution in [2.75, 3.05) is 37.0 Å². The molecule has 0 saturated carbocycles. The molecule has 0 unspecified atom stereocenters. The SMILES string of the molecule is c1ccc([P+]23CCCCP(CCCC2)CCCC3)cc1. The first-order valence-corrected chi connectivity index (χ1v) is 12.8. The standard InChI is InChI=1S/C18H29P2/c1-2-10-18(11-3-1)20-15-7-4-12-19(13-5-8-16-20)14-6-9-17-20/h1-3,10-11H,4-9,12-17H2/q+1. The van der Waals surface area contributed by atoms with Crippen LogP contribution in [0.4, 0.5) is 0 Å². The third-order valence-corrected chi connectivity index (χ3v) is 13.0. The van der Waals surface area contributed by atoms with Gasteiger partial charge in [-0.25, -0.2) is 0 Å². The molecule has 3 fully saturated rings. The lowest BCUT2D eigenvalue weighted by atomic mass is 10.3. The Hall–Kier alpha value is 0.0800. The second-order valence-corrected chi connectivity index (χ2v) is 13.4. The second-order valence-electron chi connectivity index (χ2n) is 6.61. The van der Waals surface area contributed by atoms with E-state index in [0.29, 0.717) is 7.92 Å². The van der Waals surface area contributed by atoms with Crippen LogP contribution in [-0.2, 0) is 0 Å². The third kappa shape index (κ3) is 3.64. The van der Waals surface area contributed by atoms with Gasteiger partial charge in [0.15, 0.2) is 0 Å². The minimum absolute atomic E-state index is 0.416. The highest BCUT2D eigenvalue weighted by molar-refractivity contribution is 7.82. The molecular weight excluding hydrogens is 278 g/mol. The van der Waals surface area contributed by atoms with E-state index in [0.717, 1.165) is 0 Å². The van der Waals surface area contributed by atoms with E-state index in [1.165, 1.54) is 38.5 Å². The van der Waals surface area contributed by atoms with Crippen molar-refractivity contribution < 1.29 is 0 Å². The molecule has 3 aliphatic rings. The molecule has 1 aromatic rings. The highest BCUT2D eigenvalue weighted by Crippen LogP contribution is 2.61. The summed E-state index contributed by atoms with van der Waals surface area (Å²) in [6.45, 7) is 0. The van der Waals surface area contributed by atoms with Crippen LogP contribution in [0.1, 0.15) is 38.5 Å². The van der Waals surface area contributed by atoms with Crippen LogP contribution in [-0.4, -0.2) is 37.0 Å². The van der Waals surface area contributed by atoms with Crippen LogP contribution in [0.3, 0.4) is 0 Å². The lowest BCUT2D eigenvalue weighted by molar-refractivity contribution is 0.809. The topological polar surface area (TPSA) is 0 Å².